The molecular formula is C12H18N2O5S. The highest BCUT2D eigenvalue weighted by molar-refractivity contribution is 8.00. The maximum absolute atomic E-state index is 11.9. The summed E-state index contributed by atoms with van der Waals surface area (Å²) in [6.07, 6.45) is 1.64. The Morgan fingerprint density at radius 3 is 2.90 bits per heavy atom. The normalized spacial score (nSPS) is 26.1. The SMILES string of the molecule is COCCc1cn([C@H]2CC(O)C(CO)S2)c(=O)[nH]c1=O. The Balaban J connectivity index is 2.28. The van der Waals surface area contributed by atoms with Gasteiger partial charge in [0, 0.05) is 31.7 Å². The number of hydrogen-bond donors (Lipinski definition) is 3. The summed E-state index contributed by atoms with van der Waals surface area (Å²) in [6.45, 7) is 0.248. The van der Waals surface area contributed by atoms with Gasteiger partial charge in [-0.2, -0.15) is 0 Å². The molecule has 0 aromatic carbocycles. The average molecular weight is 302 g/mol. The monoisotopic (exact) mass is 302 g/mol. The second-order valence-corrected chi connectivity index (χ2v) is 6.10. The molecule has 7 nitrogen and oxygen atoms in total. The van der Waals surface area contributed by atoms with Crippen LogP contribution in [0, 0.1) is 0 Å². The number of H-pyrrole nitrogens is 1. The molecule has 2 rings (SSSR count). The Kier molecular flexibility index (Phi) is 5.03. The van der Waals surface area contributed by atoms with Crippen LogP contribution < -0.4 is 11.2 Å². The number of aromatic amines is 1. The minimum absolute atomic E-state index is 0.142. The van der Waals surface area contributed by atoms with E-state index in [1.54, 1.807) is 7.11 Å². The Morgan fingerprint density at radius 2 is 2.30 bits per heavy atom. The van der Waals surface area contributed by atoms with E-state index in [-0.39, 0.29) is 17.2 Å². The number of thioether (sulfide) groups is 1. The predicted octanol–water partition coefficient (Wildman–Crippen LogP) is -0.917. The van der Waals surface area contributed by atoms with Crippen molar-refractivity contribution in [3.63, 3.8) is 0 Å². The van der Waals surface area contributed by atoms with Crippen LogP contribution in [0.3, 0.4) is 0 Å². The largest absolute Gasteiger partial charge is 0.395 e. The van der Waals surface area contributed by atoms with Gasteiger partial charge in [0.1, 0.15) is 0 Å². The van der Waals surface area contributed by atoms with Crippen LogP contribution in [0.15, 0.2) is 15.8 Å². The molecule has 3 atom stereocenters. The lowest BCUT2D eigenvalue weighted by molar-refractivity contribution is 0.137. The van der Waals surface area contributed by atoms with Crippen molar-refractivity contribution in [2.24, 2.45) is 0 Å². The van der Waals surface area contributed by atoms with Crippen LogP contribution in [-0.2, 0) is 11.2 Å². The van der Waals surface area contributed by atoms with E-state index in [0.29, 0.717) is 25.0 Å². The molecule has 0 saturated carbocycles. The molecule has 0 radical (unpaired) electrons. The second kappa shape index (κ2) is 6.57. The van der Waals surface area contributed by atoms with E-state index >= 15 is 0 Å². The Bertz CT molecular complexity index is 570. The van der Waals surface area contributed by atoms with Gasteiger partial charge in [0.25, 0.3) is 5.56 Å². The highest BCUT2D eigenvalue weighted by atomic mass is 32.2. The molecule has 2 heterocycles. The Morgan fingerprint density at radius 1 is 1.55 bits per heavy atom. The molecule has 0 bridgehead atoms. The maximum Gasteiger partial charge on any atom is 0.329 e. The minimum atomic E-state index is -0.656. The fourth-order valence-electron chi connectivity index (χ4n) is 2.18. The summed E-state index contributed by atoms with van der Waals surface area (Å²) in [6, 6.07) is 0. The molecule has 8 heteroatoms. The molecule has 3 N–H and O–H groups in total. The summed E-state index contributed by atoms with van der Waals surface area (Å²) in [5.41, 5.74) is -0.445. The van der Waals surface area contributed by atoms with E-state index in [4.69, 9.17) is 9.84 Å². The molecule has 0 aliphatic carbocycles. The standard InChI is InChI=1S/C12H18N2O5S/c1-19-3-2-7-5-14(12(18)13-11(7)17)10-4-8(16)9(6-15)20-10/h5,8-10,15-16H,2-4,6H2,1H3,(H,13,17,18)/t8?,9?,10-/m1/s1. The first-order valence-corrected chi connectivity index (χ1v) is 7.28. The zero-order valence-corrected chi connectivity index (χ0v) is 11.9. The number of rotatable bonds is 5. The molecule has 1 aliphatic rings. The molecule has 1 aromatic heterocycles. The van der Waals surface area contributed by atoms with Gasteiger partial charge in [-0.3, -0.25) is 14.3 Å². The zero-order chi connectivity index (χ0) is 14.7. The topological polar surface area (TPSA) is 105 Å². The summed E-state index contributed by atoms with van der Waals surface area (Å²) < 4.78 is 6.34. The molecule has 1 aliphatic heterocycles. The Labute approximate surface area is 119 Å². The number of aliphatic hydroxyl groups excluding tert-OH is 2. The van der Waals surface area contributed by atoms with Gasteiger partial charge in [-0.1, -0.05) is 0 Å². The van der Waals surface area contributed by atoms with Gasteiger partial charge in [0.05, 0.1) is 29.9 Å². The number of nitrogens with zero attached hydrogens (tertiary/aromatic N) is 1. The number of ether oxygens (including phenoxy) is 1. The molecule has 1 fully saturated rings. The van der Waals surface area contributed by atoms with Crippen molar-refractivity contribution in [3.8, 4) is 0 Å². The lowest BCUT2D eigenvalue weighted by atomic mass is 10.2. The quantitative estimate of drug-likeness (QED) is 0.650. The van der Waals surface area contributed by atoms with Crippen molar-refractivity contribution in [1.82, 2.24) is 9.55 Å². The fourth-order valence-corrected chi connectivity index (χ4v) is 3.56. The van der Waals surface area contributed by atoms with Crippen LogP contribution in [0.2, 0.25) is 0 Å². The summed E-state index contributed by atoms with van der Waals surface area (Å²) in [5, 5.41) is 18.3. The van der Waals surface area contributed by atoms with E-state index < -0.39 is 17.4 Å². The van der Waals surface area contributed by atoms with Crippen LogP contribution in [0.5, 0.6) is 0 Å². The lowest BCUT2D eigenvalue weighted by Gasteiger charge is -2.14. The van der Waals surface area contributed by atoms with Gasteiger partial charge in [0.15, 0.2) is 0 Å². The van der Waals surface area contributed by atoms with Crippen molar-refractivity contribution >= 4 is 11.8 Å². The van der Waals surface area contributed by atoms with Crippen LogP contribution in [0.4, 0.5) is 0 Å². The van der Waals surface area contributed by atoms with Gasteiger partial charge in [-0.15, -0.1) is 11.8 Å². The molecular weight excluding hydrogens is 284 g/mol. The fraction of sp³-hybridized carbons (Fsp3) is 0.667. The minimum Gasteiger partial charge on any atom is -0.395 e. The van der Waals surface area contributed by atoms with E-state index in [1.807, 2.05) is 0 Å². The third-order valence-electron chi connectivity index (χ3n) is 3.31. The zero-order valence-electron chi connectivity index (χ0n) is 11.1. The van der Waals surface area contributed by atoms with Crippen molar-refractivity contribution in [3.05, 3.63) is 32.6 Å². The molecule has 2 unspecified atom stereocenters. The predicted molar refractivity (Wildman–Crippen MR) is 75.0 cm³/mol. The lowest BCUT2D eigenvalue weighted by Crippen LogP contribution is -2.33. The van der Waals surface area contributed by atoms with Crippen LogP contribution >= 0.6 is 11.8 Å². The highest BCUT2D eigenvalue weighted by Gasteiger charge is 2.34. The van der Waals surface area contributed by atoms with Gasteiger partial charge in [-0.05, 0) is 0 Å². The van der Waals surface area contributed by atoms with Crippen LogP contribution in [0.25, 0.3) is 0 Å². The molecule has 112 valence electrons. The number of hydrogen-bond acceptors (Lipinski definition) is 6. The smallest absolute Gasteiger partial charge is 0.329 e. The third-order valence-corrected chi connectivity index (χ3v) is 4.86. The third kappa shape index (κ3) is 3.14. The number of aliphatic hydroxyl groups is 2. The van der Waals surface area contributed by atoms with Crippen molar-refractivity contribution < 1.29 is 14.9 Å². The van der Waals surface area contributed by atoms with Crippen LogP contribution in [0.1, 0.15) is 17.4 Å². The molecule has 0 spiro atoms. The van der Waals surface area contributed by atoms with E-state index in [9.17, 15) is 14.7 Å². The molecule has 1 saturated heterocycles. The molecule has 0 amide bonds. The summed E-state index contributed by atoms with van der Waals surface area (Å²) in [5.74, 6) is 0. The van der Waals surface area contributed by atoms with Crippen molar-refractivity contribution in [2.75, 3.05) is 20.3 Å². The maximum atomic E-state index is 11.9. The molecule has 1 aromatic rings. The van der Waals surface area contributed by atoms with E-state index in [2.05, 4.69) is 4.98 Å². The average Bonchev–Trinajstić information content (AvgIpc) is 2.79. The van der Waals surface area contributed by atoms with Crippen LogP contribution in [-0.4, -0.2) is 51.4 Å². The van der Waals surface area contributed by atoms with Crippen molar-refractivity contribution in [2.45, 2.75) is 29.6 Å². The van der Waals surface area contributed by atoms with E-state index in [0.717, 1.165) is 0 Å². The number of nitrogens with one attached hydrogen (secondary N) is 1. The summed E-state index contributed by atoms with van der Waals surface area (Å²) >= 11 is 1.33. The number of methoxy groups -OCH3 is 1. The van der Waals surface area contributed by atoms with Gasteiger partial charge in [-0.25, -0.2) is 4.79 Å². The molecule has 20 heavy (non-hydrogen) atoms. The second-order valence-electron chi connectivity index (χ2n) is 4.68. The first-order chi connectivity index (χ1) is 9.56. The number of aromatic nitrogens is 2. The summed E-state index contributed by atoms with van der Waals surface area (Å²) in [7, 11) is 1.54. The summed E-state index contributed by atoms with van der Waals surface area (Å²) in [4.78, 5) is 25.8. The van der Waals surface area contributed by atoms with Gasteiger partial charge < -0.3 is 14.9 Å². The van der Waals surface area contributed by atoms with Gasteiger partial charge >= 0.3 is 5.69 Å². The first-order valence-electron chi connectivity index (χ1n) is 6.34. The Hall–Kier alpha value is -1.09. The highest BCUT2D eigenvalue weighted by Crippen LogP contribution is 2.40. The van der Waals surface area contributed by atoms with E-state index in [1.165, 1.54) is 22.5 Å². The first kappa shape index (κ1) is 15.3. The van der Waals surface area contributed by atoms with Gasteiger partial charge in [0.2, 0.25) is 0 Å². The van der Waals surface area contributed by atoms with Crippen molar-refractivity contribution in [1.29, 1.82) is 0 Å².